The largest absolute Gasteiger partial charge is 0.480 e. The van der Waals surface area contributed by atoms with E-state index in [0.717, 1.165) is 23.3 Å². The minimum Gasteiger partial charge on any atom is -0.480 e. The van der Waals surface area contributed by atoms with E-state index in [-0.39, 0.29) is 24.3 Å². The lowest BCUT2D eigenvalue weighted by Gasteiger charge is -2.15. The summed E-state index contributed by atoms with van der Waals surface area (Å²) in [5.41, 5.74) is 6.57. The summed E-state index contributed by atoms with van der Waals surface area (Å²) in [7, 11) is 0. The zero-order valence-corrected chi connectivity index (χ0v) is 24.3. The summed E-state index contributed by atoms with van der Waals surface area (Å²) in [5, 5.41) is 19.8. The number of carbonyl (C=O) groups excluding carboxylic acids is 2. The fraction of sp³-hybridized carbons (Fsp3) is 0.125. The van der Waals surface area contributed by atoms with Gasteiger partial charge in [-0.1, -0.05) is 84.9 Å². The molecule has 10 nitrogen and oxygen atoms in total. The number of rotatable bonds is 9. The third-order valence-electron chi connectivity index (χ3n) is 5.57. The summed E-state index contributed by atoms with van der Waals surface area (Å²) < 4.78 is 35.2. The van der Waals surface area contributed by atoms with Crippen LogP contribution in [-0.2, 0) is 32.3 Å². The number of halogens is 3. The van der Waals surface area contributed by atoms with Crippen LogP contribution < -0.4 is 11.1 Å². The molecule has 0 aromatic heterocycles. The van der Waals surface area contributed by atoms with Crippen LogP contribution in [0, 0.1) is 11.6 Å². The fourth-order valence-corrected chi connectivity index (χ4v) is 3.47. The minimum atomic E-state index is -1.38. The van der Waals surface area contributed by atoms with E-state index in [9.17, 15) is 28.0 Å². The molecular weight excluding hydrogens is 614 g/mol. The van der Waals surface area contributed by atoms with Gasteiger partial charge in [0.2, 0.25) is 0 Å². The van der Waals surface area contributed by atoms with Gasteiger partial charge in [0.25, 0.3) is 0 Å². The van der Waals surface area contributed by atoms with Crippen LogP contribution in [0.15, 0.2) is 109 Å². The van der Waals surface area contributed by atoms with Crippen molar-refractivity contribution in [1.29, 1.82) is 0 Å². The van der Waals surface area contributed by atoms with Crippen LogP contribution in [0.2, 0.25) is 0 Å². The highest BCUT2D eigenvalue weighted by Crippen LogP contribution is 2.15. The van der Waals surface area contributed by atoms with Gasteiger partial charge in [-0.15, -0.1) is 0 Å². The number of carboxylic acids is 2. The van der Waals surface area contributed by atoms with Crippen LogP contribution in [-0.4, -0.2) is 33.7 Å². The topological polar surface area (TPSA) is 165 Å². The van der Waals surface area contributed by atoms with Crippen molar-refractivity contribution in [3.8, 4) is 0 Å². The summed E-state index contributed by atoms with van der Waals surface area (Å²) in [4.78, 5) is 43.5. The summed E-state index contributed by atoms with van der Waals surface area (Å²) in [5.74, 6) is -3.53. The molecule has 236 valence electrons. The Hall–Kier alpha value is -5.33. The van der Waals surface area contributed by atoms with E-state index >= 15 is 0 Å². The summed E-state index contributed by atoms with van der Waals surface area (Å²) in [6.45, 7) is 0.255. The zero-order chi connectivity index (χ0) is 33.2. The van der Waals surface area contributed by atoms with Crippen LogP contribution in [0.25, 0.3) is 0 Å². The first-order valence-corrected chi connectivity index (χ1v) is 13.4. The van der Waals surface area contributed by atoms with Crippen LogP contribution in [0.4, 0.5) is 18.4 Å². The van der Waals surface area contributed by atoms with Crippen LogP contribution in [0.3, 0.4) is 0 Å². The molecule has 4 aromatic rings. The first-order valence-electron chi connectivity index (χ1n) is 13.0. The third-order valence-corrected chi connectivity index (χ3v) is 5.68. The van der Waals surface area contributed by atoms with Gasteiger partial charge in [-0.3, -0.25) is 4.79 Å². The summed E-state index contributed by atoms with van der Waals surface area (Å²) in [6, 6.07) is 26.1. The number of amides is 1. The van der Waals surface area contributed by atoms with E-state index < -0.39 is 47.2 Å². The maximum atomic E-state index is 13.2. The van der Waals surface area contributed by atoms with E-state index in [1.165, 1.54) is 36.4 Å². The molecule has 2 atom stereocenters. The molecule has 0 radical (unpaired) electrons. The van der Waals surface area contributed by atoms with Crippen molar-refractivity contribution in [3.05, 3.63) is 143 Å². The average molecular weight is 643 g/mol. The van der Waals surface area contributed by atoms with Gasteiger partial charge in [0.05, 0.1) is 0 Å². The van der Waals surface area contributed by atoms with Crippen molar-refractivity contribution < 1.29 is 47.6 Å². The van der Waals surface area contributed by atoms with E-state index in [2.05, 4.69) is 10.1 Å². The molecule has 1 amide bonds. The van der Waals surface area contributed by atoms with Crippen molar-refractivity contribution in [1.82, 2.24) is 5.32 Å². The van der Waals surface area contributed by atoms with Crippen molar-refractivity contribution in [2.75, 3.05) is 0 Å². The molecule has 0 heterocycles. The van der Waals surface area contributed by atoms with Gasteiger partial charge in [0, 0.05) is 11.6 Å². The molecule has 0 aliphatic heterocycles. The molecule has 0 saturated carbocycles. The van der Waals surface area contributed by atoms with Gasteiger partial charge >= 0.3 is 23.5 Å². The molecule has 4 aromatic carbocycles. The second-order valence-electron chi connectivity index (χ2n) is 8.92. The monoisotopic (exact) mass is 642 g/mol. The highest BCUT2D eigenvalue weighted by atomic mass is 35.5. The Bertz CT molecular complexity index is 1540. The van der Waals surface area contributed by atoms with Crippen molar-refractivity contribution in [3.63, 3.8) is 0 Å². The van der Waals surface area contributed by atoms with Crippen molar-refractivity contribution in [2.24, 2.45) is 5.73 Å². The Morgan fingerprint density at radius 2 is 1.16 bits per heavy atom. The summed E-state index contributed by atoms with van der Waals surface area (Å²) >= 11 is 4.97. The Morgan fingerprint density at radius 3 is 1.60 bits per heavy atom. The van der Waals surface area contributed by atoms with E-state index in [1.54, 1.807) is 24.3 Å². The van der Waals surface area contributed by atoms with Gasteiger partial charge in [0.1, 0.15) is 30.9 Å². The lowest BCUT2D eigenvalue weighted by atomic mass is 10.1. The van der Waals surface area contributed by atoms with E-state index in [1.807, 2.05) is 36.4 Å². The fourth-order valence-electron chi connectivity index (χ4n) is 3.41. The first-order chi connectivity index (χ1) is 21.5. The quantitative estimate of drug-likeness (QED) is 0.152. The highest BCUT2D eigenvalue weighted by molar-refractivity contribution is 6.61. The summed E-state index contributed by atoms with van der Waals surface area (Å²) in [6.07, 6.45) is -0.888. The number of alkyl carbamates (subject to hydrolysis) is 1. The SMILES string of the molecule is NC(C(=O)O)c1cccc(F)c1.O=C(Cl)OCc1ccccc1.O=C(NC(C(=O)O)c1cccc(F)c1)OCc1ccccc1. The van der Waals surface area contributed by atoms with Gasteiger partial charge in [-0.25, -0.2) is 23.2 Å². The maximum absolute atomic E-state index is 13.2. The Balaban J connectivity index is 0.000000259. The maximum Gasteiger partial charge on any atom is 0.408 e. The average Bonchev–Trinajstić information content (AvgIpc) is 3.02. The predicted molar refractivity (Wildman–Crippen MR) is 160 cm³/mol. The number of carbonyl (C=O) groups is 4. The number of benzene rings is 4. The number of carboxylic acid groups (broad SMARTS) is 2. The number of nitrogens with one attached hydrogen (secondary N) is 1. The molecule has 5 N–H and O–H groups in total. The van der Waals surface area contributed by atoms with Gasteiger partial charge in [-0.2, -0.15) is 0 Å². The van der Waals surface area contributed by atoms with Gasteiger partial charge in [0.15, 0.2) is 6.04 Å². The predicted octanol–water partition coefficient (Wildman–Crippen LogP) is 6.35. The highest BCUT2D eigenvalue weighted by Gasteiger charge is 2.23. The smallest absolute Gasteiger partial charge is 0.408 e. The molecular formula is C32H29ClF2N2O8. The number of hydrogen-bond acceptors (Lipinski definition) is 7. The Labute approximate surface area is 262 Å². The Morgan fingerprint density at radius 1 is 0.689 bits per heavy atom. The standard InChI is InChI=1S/C16H14FNO4.C8H7ClO2.C8H8FNO2/c17-13-8-4-7-12(9-13)14(15(19)20)18-16(21)22-10-11-5-2-1-3-6-11;9-8(10)11-6-7-4-2-1-3-5-7;9-6-3-1-2-5(4-6)7(10)8(11)12/h1-9,14H,10H2,(H,18,21)(H,19,20);1-5H,6H2;1-4,7H,10H2,(H,11,12). The lowest BCUT2D eigenvalue weighted by molar-refractivity contribution is -0.140. The molecule has 0 saturated heterocycles. The minimum absolute atomic E-state index is 0.0160. The molecule has 0 bridgehead atoms. The third kappa shape index (κ3) is 14.1. The first kappa shape index (κ1) is 35.9. The molecule has 0 fully saturated rings. The van der Waals surface area contributed by atoms with E-state index in [4.69, 9.17) is 32.3 Å². The van der Waals surface area contributed by atoms with Crippen LogP contribution in [0.5, 0.6) is 0 Å². The number of hydrogen-bond donors (Lipinski definition) is 4. The zero-order valence-electron chi connectivity index (χ0n) is 23.5. The van der Waals surface area contributed by atoms with E-state index in [0.29, 0.717) is 0 Å². The molecule has 2 unspecified atom stereocenters. The second kappa shape index (κ2) is 19.1. The normalized spacial score (nSPS) is 11.2. The molecule has 13 heteroatoms. The molecule has 0 aliphatic carbocycles. The number of ether oxygens (including phenoxy) is 2. The number of nitrogens with two attached hydrogens (primary N) is 1. The molecule has 45 heavy (non-hydrogen) atoms. The van der Waals surface area contributed by atoms with Crippen molar-refractivity contribution >= 4 is 35.1 Å². The van der Waals surface area contributed by atoms with Gasteiger partial charge < -0.3 is 30.7 Å². The van der Waals surface area contributed by atoms with Crippen molar-refractivity contribution in [2.45, 2.75) is 25.3 Å². The second-order valence-corrected chi connectivity index (χ2v) is 9.22. The molecule has 0 spiro atoms. The van der Waals surface area contributed by atoms with Crippen LogP contribution in [0.1, 0.15) is 34.3 Å². The molecule has 0 aliphatic rings. The van der Waals surface area contributed by atoms with Gasteiger partial charge in [-0.05, 0) is 46.5 Å². The lowest BCUT2D eigenvalue weighted by Crippen LogP contribution is -2.34. The molecule has 4 rings (SSSR count). The van der Waals surface area contributed by atoms with Crippen LogP contribution >= 0.6 is 11.6 Å². The Kier molecular flexibility index (Phi) is 15.2. The number of aliphatic carboxylic acids is 2.